The van der Waals surface area contributed by atoms with E-state index < -0.39 is 0 Å². The number of thioether (sulfide) groups is 1. The highest BCUT2D eigenvalue weighted by Crippen LogP contribution is 2.27. The molecule has 0 atom stereocenters. The number of nitrogens with zero attached hydrogens (tertiary/aromatic N) is 3. The molecule has 3 aromatic carbocycles. The van der Waals surface area contributed by atoms with E-state index in [4.69, 9.17) is 4.74 Å². The predicted octanol–water partition coefficient (Wildman–Crippen LogP) is 5.66. The van der Waals surface area contributed by atoms with Gasteiger partial charge in [-0.15, -0.1) is 10.2 Å². The first kappa shape index (κ1) is 22.4. The molecule has 6 nitrogen and oxygen atoms in total. The number of ether oxygens (including phenoxy) is 1. The number of rotatable bonds is 7. The molecule has 0 aliphatic heterocycles. The number of halogens is 1. The number of carbonyl (C=O) groups is 1. The summed E-state index contributed by atoms with van der Waals surface area (Å²) in [5.41, 5.74) is 2.97. The minimum absolute atomic E-state index is 0.0867. The molecule has 0 aliphatic rings. The summed E-state index contributed by atoms with van der Waals surface area (Å²) in [7, 11) is 1.88. The van der Waals surface area contributed by atoms with Gasteiger partial charge >= 0.3 is 0 Å². The molecule has 32 heavy (non-hydrogen) atoms. The summed E-state index contributed by atoms with van der Waals surface area (Å²) in [5.74, 6) is 1.65. The number of benzene rings is 3. The number of fused-ring (bicyclic) bond motifs is 1. The fourth-order valence-corrected chi connectivity index (χ4v) is 4.46. The predicted molar refractivity (Wildman–Crippen MR) is 132 cm³/mol. The Kier molecular flexibility index (Phi) is 6.81. The molecule has 8 heteroatoms. The number of amides is 1. The molecular formula is C24H23BrN4O2S. The van der Waals surface area contributed by atoms with Crippen LogP contribution < -0.4 is 10.1 Å². The van der Waals surface area contributed by atoms with Crippen LogP contribution in [0.3, 0.4) is 0 Å². The van der Waals surface area contributed by atoms with Crippen LogP contribution in [0.2, 0.25) is 0 Å². The number of hydrogen-bond donors (Lipinski definition) is 1. The Morgan fingerprint density at radius 2 is 1.84 bits per heavy atom. The van der Waals surface area contributed by atoms with Crippen molar-refractivity contribution in [3.8, 4) is 5.75 Å². The van der Waals surface area contributed by atoms with E-state index in [1.165, 1.54) is 11.8 Å². The van der Waals surface area contributed by atoms with Crippen LogP contribution in [0.5, 0.6) is 5.75 Å². The Morgan fingerprint density at radius 3 is 2.69 bits per heavy atom. The van der Waals surface area contributed by atoms with E-state index in [1.54, 1.807) is 0 Å². The summed E-state index contributed by atoms with van der Waals surface area (Å²) >= 11 is 4.86. The Hall–Kier alpha value is -2.84. The first-order chi connectivity index (χ1) is 15.4. The number of carbonyl (C=O) groups excluding carboxylic acids is 1. The Morgan fingerprint density at radius 1 is 1.06 bits per heavy atom. The van der Waals surface area contributed by atoms with Crippen molar-refractivity contribution in [2.45, 2.75) is 25.6 Å². The average Bonchev–Trinajstić information content (AvgIpc) is 3.16. The van der Waals surface area contributed by atoms with Crippen molar-refractivity contribution in [3.63, 3.8) is 0 Å². The lowest BCUT2D eigenvalue weighted by Gasteiger charge is -2.12. The first-order valence-corrected chi connectivity index (χ1v) is 11.9. The molecule has 0 radical (unpaired) electrons. The lowest BCUT2D eigenvalue weighted by Crippen LogP contribution is -2.15. The van der Waals surface area contributed by atoms with Gasteiger partial charge in [-0.3, -0.25) is 4.79 Å². The molecule has 0 bridgehead atoms. The summed E-state index contributed by atoms with van der Waals surface area (Å²) in [6.07, 6.45) is 0. The molecule has 0 fully saturated rings. The van der Waals surface area contributed by atoms with E-state index in [1.807, 2.05) is 67.9 Å². The second-order valence-electron chi connectivity index (χ2n) is 7.41. The standard InChI is InChI=1S/C24H23BrN4O2S/c1-15-16(2)20(12-11-19(15)25)26-23(30)14-32-24-28-27-22(29(24)3)13-31-21-10-6-8-17-7-4-5-9-18(17)21/h4-12H,13-14H2,1-3H3,(H,26,30). The van der Waals surface area contributed by atoms with Gasteiger partial charge in [0.05, 0.1) is 5.75 Å². The number of anilines is 1. The van der Waals surface area contributed by atoms with E-state index in [2.05, 4.69) is 43.6 Å². The third-order valence-corrected chi connectivity index (χ3v) is 7.24. The zero-order valence-electron chi connectivity index (χ0n) is 18.1. The minimum Gasteiger partial charge on any atom is -0.485 e. The van der Waals surface area contributed by atoms with Gasteiger partial charge < -0.3 is 14.6 Å². The van der Waals surface area contributed by atoms with Crippen molar-refractivity contribution in [1.82, 2.24) is 14.8 Å². The summed E-state index contributed by atoms with van der Waals surface area (Å²) in [4.78, 5) is 12.5. The van der Waals surface area contributed by atoms with Crippen LogP contribution in [0.25, 0.3) is 10.8 Å². The fraction of sp³-hybridized carbons (Fsp3) is 0.208. The maximum atomic E-state index is 12.5. The second-order valence-corrected chi connectivity index (χ2v) is 9.20. The average molecular weight is 511 g/mol. The van der Waals surface area contributed by atoms with Gasteiger partial charge in [-0.2, -0.15) is 0 Å². The first-order valence-electron chi connectivity index (χ1n) is 10.1. The molecule has 0 spiro atoms. The van der Waals surface area contributed by atoms with Crippen molar-refractivity contribution in [3.05, 3.63) is 76.0 Å². The van der Waals surface area contributed by atoms with Crippen LogP contribution in [-0.2, 0) is 18.4 Å². The van der Waals surface area contributed by atoms with Gasteiger partial charge in [0.2, 0.25) is 5.91 Å². The highest BCUT2D eigenvalue weighted by molar-refractivity contribution is 9.10. The maximum Gasteiger partial charge on any atom is 0.234 e. The fourth-order valence-electron chi connectivity index (χ4n) is 3.30. The topological polar surface area (TPSA) is 69.0 Å². The Balaban J connectivity index is 1.37. The maximum absolute atomic E-state index is 12.5. The number of nitrogens with one attached hydrogen (secondary N) is 1. The van der Waals surface area contributed by atoms with Crippen molar-refractivity contribution in [1.29, 1.82) is 0 Å². The highest BCUT2D eigenvalue weighted by Gasteiger charge is 2.14. The third-order valence-electron chi connectivity index (χ3n) is 5.36. The quantitative estimate of drug-likeness (QED) is 0.325. The van der Waals surface area contributed by atoms with Crippen molar-refractivity contribution < 1.29 is 9.53 Å². The van der Waals surface area contributed by atoms with Crippen LogP contribution >= 0.6 is 27.7 Å². The van der Waals surface area contributed by atoms with Gasteiger partial charge in [0.25, 0.3) is 0 Å². The summed E-state index contributed by atoms with van der Waals surface area (Å²) in [5, 5.41) is 14.3. The largest absolute Gasteiger partial charge is 0.485 e. The number of aromatic nitrogens is 3. The van der Waals surface area contributed by atoms with E-state index >= 15 is 0 Å². The van der Waals surface area contributed by atoms with Gasteiger partial charge in [0.15, 0.2) is 11.0 Å². The molecule has 0 saturated carbocycles. The van der Waals surface area contributed by atoms with Gasteiger partial charge in [-0.05, 0) is 48.6 Å². The Labute approximate surface area is 199 Å². The van der Waals surface area contributed by atoms with Crippen molar-refractivity contribution in [2.24, 2.45) is 7.05 Å². The molecule has 0 aliphatic carbocycles. The van der Waals surface area contributed by atoms with Crippen LogP contribution in [-0.4, -0.2) is 26.4 Å². The molecule has 4 rings (SSSR count). The summed E-state index contributed by atoms with van der Waals surface area (Å²) in [6.45, 7) is 4.31. The smallest absolute Gasteiger partial charge is 0.234 e. The molecule has 1 amide bonds. The van der Waals surface area contributed by atoms with Gasteiger partial charge in [-0.1, -0.05) is 64.1 Å². The van der Waals surface area contributed by atoms with E-state index in [0.29, 0.717) is 17.6 Å². The summed E-state index contributed by atoms with van der Waals surface area (Å²) in [6, 6.07) is 17.9. The van der Waals surface area contributed by atoms with E-state index in [9.17, 15) is 4.79 Å². The molecule has 1 aromatic heterocycles. The van der Waals surface area contributed by atoms with Crippen molar-refractivity contribution in [2.75, 3.05) is 11.1 Å². The molecule has 164 valence electrons. The molecule has 1 N–H and O–H groups in total. The zero-order valence-corrected chi connectivity index (χ0v) is 20.5. The summed E-state index contributed by atoms with van der Waals surface area (Å²) < 4.78 is 8.91. The number of hydrogen-bond acceptors (Lipinski definition) is 5. The monoisotopic (exact) mass is 510 g/mol. The van der Waals surface area contributed by atoms with Crippen LogP contribution in [0.1, 0.15) is 17.0 Å². The highest BCUT2D eigenvalue weighted by atomic mass is 79.9. The Bertz CT molecular complexity index is 1280. The van der Waals surface area contributed by atoms with Gasteiger partial charge in [0, 0.05) is 22.6 Å². The minimum atomic E-state index is -0.0867. The van der Waals surface area contributed by atoms with Gasteiger partial charge in [-0.25, -0.2) is 0 Å². The molecule has 1 heterocycles. The van der Waals surface area contributed by atoms with Crippen molar-refractivity contribution >= 4 is 50.1 Å². The normalized spacial score (nSPS) is 11.0. The van der Waals surface area contributed by atoms with Crippen LogP contribution in [0, 0.1) is 13.8 Å². The molecule has 4 aromatic rings. The molecule has 0 saturated heterocycles. The van der Waals surface area contributed by atoms with E-state index in [0.717, 1.165) is 37.8 Å². The lowest BCUT2D eigenvalue weighted by atomic mass is 10.1. The van der Waals surface area contributed by atoms with Crippen LogP contribution in [0.4, 0.5) is 5.69 Å². The molecular weight excluding hydrogens is 488 g/mol. The SMILES string of the molecule is Cc1c(Br)ccc(NC(=O)CSc2nnc(COc3cccc4ccccc34)n2C)c1C. The third kappa shape index (κ3) is 4.81. The van der Waals surface area contributed by atoms with Crippen LogP contribution in [0.15, 0.2) is 64.2 Å². The second kappa shape index (κ2) is 9.75. The van der Waals surface area contributed by atoms with Gasteiger partial charge in [0.1, 0.15) is 12.4 Å². The molecule has 0 unspecified atom stereocenters. The lowest BCUT2D eigenvalue weighted by molar-refractivity contribution is -0.113. The van der Waals surface area contributed by atoms with E-state index in [-0.39, 0.29) is 11.7 Å². The zero-order chi connectivity index (χ0) is 22.7.